The molecule has 0 spiro atoms. The maximum atomic E-state index is 5.83. The van der Waals surface area contributed by atoms with Gasteiger partial charge in [-0.05, 0) is 44.2 Å². The Bertz CT molecular complexity index is 414. The Morgan fingerprint density at radius 3 is 2.95 bits per heavy atom. The van der Waals surface area contributed by atoms with Crippen LogP contribution in [-0.4, -0.2) is 37.3 Å². The molecular formula is C15H25N3O. The molecule has 2 rings (SSSR count). The molecule has 106 valence electrons. The number of rotatable bonds is 5. The van der Waals surface area contributed by atoms with E-state index in [1.54, 1.807) is 0 Å². The molecule has 1 aliphatic rings. The SMILES string of the molecule is Cc1cc(CC(C)N)cnc1N(C)CC1CCCO1. The van der Waals surface area contributed by atoms with Gasteiger partial charge in [-0.25, -0.2) is 4.98 Å². The van der Waals surface area contributed by atoms with Crippen LogP contribution in [0.2, 0.25) is 0 Å². The summed E-state index contributed by atoms with van der Waals surface area (Å²) in [5.41, 5.74) is 8.24. The predicted molar refractivity (Wildman–Crippen MR) is 78.6 cm³/mol. The quantitative estimate of drug-likeness (QED) is 0.881. The molecule has 4 heteroatoms. The summed E-state index contributed by atoms with van der Waals surface area (Å²) in [6, 6.07) is 2.37. The van der Waals surface area contributed by atoms with E-state index < -0.39 is 0 Å². The third-order valence-corrected chi connectivity index (χ3v) is 3.53. The van der Waals surface area contributed by atoms with Gasteiger partial charge in [-0.2, -0.15) is 0 Å². The van der Waals surface area contributed by atoms with Crippen LogP contribution in [-0.2, 0) is 11.2 Å². The summed E-state index contributed by atoms with van der Waals surface area (Å²) in [6.45, 7) is 5.95. The van der Waals surface area contributed by atoms with Crippen molar-refractivity contribution < 1.29 is 4.74 Å². The van der Waals surface area contributed by atoms with Crippen molar-refractivity contribution in [2.45, 2.75) is 45.3 Å². The molecule has 1 aliphatic heterocycles. The first-order valence-corrected chi connectivity index (χ1v) is 7.10. The van der Waals surface area contributed by atoms with Gasteiger partial charge in [-0.1, -0.05) is 6.07 Å². The van der Waals surface area contributed by atoms with Crippen LogP contribution in [0.15, 0.2) is 12.3 Å². The molecule has 0 bridgehead atoms. The van der Waals surface area contributed by atoms with Crippen molar-refractivity contribution in [2.75, 3.05) is 25.1 Å². The van der Waals surface area contributed by atoms with Crippen molar-refractivity contribution in [2.24, 2.45) is 5.73 Å². The van der Waals surface area contributed by atoms with Gasteiger partial charge in [0.15, 0.2) is 0 Å². The number of nitrogens with zero attached hydrogens (tertiary/aromatic N) is 2. The van der Waals surface area contributed by atoms with Crippen LogP contribution in [0.4, 0.5) is 5.82 Å². The van der Waals surface area contributed by atoms with E-state index in [9.17, 15) is 0 Å². The second kappa shape index (κ2) is 6.35. The number of likely N-dealkylation sites (N-methyl/N-ethyl adjacent to an activating group) is 1. The predicted octanol–water partition coefficient (Wildman–Crippen LogP) is 1.89. The van der Waals surface area contributed by atoms with Gasteiger partial charge >= 0.3 is 0 Å². The van der Waals surface area contributed by atoms with Gasteiger partial charge in [0.05, 0.1) is 6.10 Å². The molecule has 1 saturated heterocycles. The van der Waals surface area contributed by atoms with Crippen molar-refractivity contribution in [3.05, 3.63) is 23.4 Å². The summed E-state index contributed by atoms with van der Waals surface area (Å²) in [5.74, 6) is 1.05. The lowest BCUT2D eigenvalue weighted by atomic mass is 10.1. The van der Waals surface area contributed by atoms with E-state index in [0.29, 0.717) is 6.10 Å². The third-order valence-electron chi connectivity index (χ3n) is 3.53. The van der Waals surface area contributed by atoms with Gasteiger partial charge in [0.2, 0.25) is 0 Å². The summed E-state index contributed by atoms with van der Waals surface area (Å²) in [6.07, 6.45) is 5.51. The summed E-state index contributed by atoms with van der Waals surface area (Å²) in [7, 11) is 2.09. The number of aryl methyl sites for hydroxylation is 1. The van der Waals surface area contributed by atoms with Crippen LogP contribution < -0.4 is 10.6 Å². The van der Waals surface area contributed by atoms with Crippen molar-refractivity contribution in [1.29, 1.82) is 0 Å². The van der Waals surface area contributed by atoms with Gasteiger partial charge in [0.1, 0.15) is 5.82 Å². The number of anilines is 1. The number of nitrogens with two attached hydrogens (primary N) is 1. The molecule has 2 N–H and O–H groups in total. The fraction of sp³-hybridized carbons (Fsp3) is 0.667. The first kappa shape index (κ1) is 14.3. The Morgan fingerprint density at radius 2 is 2.37 bits per heavy atom. The standard InChI is InChI=1S/C15H25N3O/c1-11-7-13(8-12(2)16)9-17-15(11)18(3)10-14-5-4-6-19-14/h7,9,12,14H,4-6,8,10,16H2,1-3H3. The number of hydrogen-bond donors (Lipinski definition) is 1. The highest BCUT2D eigenvalue weighted by Gasteiger charge is 2.19. The second-order valence-corrected chi connectivity index (χ2v) is 5.68. The van der Waals surface area contributed by atoms with E-state index >= 15 is 0 Å². The maximum absolute atomic E-state index is 5.83. The van der Waals surface area contributed by atoms with Gasteiger partial charge in [-0.3, -0.25) is 0 Å². The largest absolute Gasteiger partial charge is 0.376 e. The first-order chi connectivity index (χ1) is 9.06. The first-order valence-electron chi connectivity index (χ1n) is 7.10. The van der Waals surface area contributed by atoms with Gasteiger partial charge in [-0.15, -0.1) is 0 Å². The minimum absolute atomic E-state index is 0.177. The summed E-state index contributed by atoms with van der Waals surface area (Å²) < 4.78 is 5.68. The van der Waals surface area contributed by atoms with Crippen molar-refractivity contribution >= 4 is 5.82 Å². The molecule has 2 unspecified atom stereocenters. The van der Waals surface area contributed by atoms with E-state index in [2.05, 4.69) is 29.9 Å². The van der Waals surface area contributed by atoms with E-state index in [1.807, 2.05) is 13.1 Å². The Labute approximate surface area is 116 Å². The molecule has 0 saturated carbocycles. The van der Waals surface area contributed by atoms with Gasteiger partial charge < -0.3 is 15.4 Å². The molecule has 0 aliphatic carbocycles. The molecule has 2 heterocycles. The maximum Gasteiger partial charge on any atom is 0.131 e. The molecule has 1 aromatic heterocycles. The smallest absolute Gasteiger partial charge is 0.131 e. The van der Waals surface area contributed by atoms with E-state index in [-0.39, 0.29) is 6.04 Å². The van der Waals surface area contributed by atoms with Crippen molar-refractivity contribution in [1.82, 2.24) is 4.98 Å². The Hall–Kier alpha value is -1.13. The van der Waals surface area contributed by atoms with Crippen LogP contribution in [0.25, 0.3) is 0 Å². The zero-order valence-corrected chi connectivity index (χ0v) is 12.2. The molecule has 2 atom stereocenters. The Morgan fingerprint density at radius 1 is 1.58 bits per heavy atom. The monoisotopic (exact) mass is 263 g/mol. The highest BCUT2D eigenvalue weighted by atomic mass is 16.5. The zero-order valence-electron chi connectivity index (χ0n) is 12.2. The number of aromatic nitrogens is 1. The molecule has 4 nitrogen and oxygen atoms in total. The molecule has 0 aromatic carbocycles. The minimum atomic E-state index is 0.177. The normalized spacial score (nSPS) is 20.5. The van der Waals surface area contributed by atoms with E-state index in [4.69, 9.17) is 10.5 Å². The number of ether oxygens (including phenoxy) is 1. The molecule has 1 fully saturated rings. The third kappa shape index (κ3) is 3.91. The van der Waals surface area contributed by atoms with Crippen LogP contribution in [0.3, 0.4) is 0 Å². The molecule has 0 amide bonds. The van der Waals surface area contributed by atoms with Crippen LogP contribution in [0, 0.1) is 6.92 Å². The summed E-state index contributed by atoms with van der Waals surface area (Å²) in [5, 5.41) is 0. The molecule has 0 radical (unpaired) electrons. The Kier molecular flexibility index (Phi) is 4.77. The minimum Gasteiger partial charge on any atom is -0.376 e. The Balaban J connectivity index is 2.02. The average molecular weight is 263 g/mol. The van der Waals surface area contributed by atoms with Crippen LogP contribution >= 0.6 is 0 Å². The highest BCUT2D eigenvalue weighted by Crippen LogP contribution is 2.20. The van der Waals surface area contributed by atoms with Crippen molar-refractivity contribution in [3.8, 4) is 0 Å². The van der Waals surface area contributed by atoms with E-state index in [0.717, 1.165) is 31.8 Å². The summed E-state index contributed by atoms with van der Waals surface area (Å²) >= 11 is 0. The topological polar surface area (TPSA) is 51.4 Å². The highest BCUT2D eigenvalue weighted by molar-refractivity contribution is 5.46. The molecule has 1 aromatic rings. The second-order valence-electron chi connectivity index (χ2n) is 5.68. The number of pyridine rings is 1. The van der Waals surface area contributed by atoms with Gasteiger partial charge in [0.25, 0.3) is 0 Å². The lowest BCUT2D eigenvalue weighted by molar-refractivity contribution is 0.116. The van der Waals surface area contributed by atoms with Gasteiger partial charge in [0, 0.05) is 32.4 Å². The van der Waals surface area contributed by atoms with Crippen LogP contribution in [0.1, 0.15) is 30.9 Å². The molecular weight excluding hydrogens is 238 g/mol. The zero-order chi connectivity index (χ0) is 13.8. The average Bonchev–Trinajstić information content (AvgIpc) is 2.80. The van der Waals surface area contributed by atoms with Crippen LogP contribution in [0.5, 0.6) is 0 Å². The van der Waals surface area contributed by atoms with Crippen molar-refractivity contribution in [3.63, 3.8) is 0 Å². The number of hydrogen-bond acceptors (Lipinski definition) is 4. The fourth-order valence-electron chi connectivity index (χ4n) is 2.69. The molecule has 19 heavy (non-hydrogen) atoms. The van der Waals surface area contributed by atoms with E-state index in [1.165, 1.54) is 17.5 Å². The fourth-order valence-corrected chi connectivity index (χ4v) is 2.69. The summed E-state index contributed by atoms with van der Waals surface area (Å²) in [4.78, 5) is 6.78. The lowest BCUT2D eigenvalue weighted by Gasteiger charge is -2.23. The lowest BCUT2D eigenvalue weighted by Crippen LogP contribution is -2.29.